The molecule has 4 aromatic rings. The number of benzene rings is 2. The largest absolute Gasteiger partial charge is 0.416 e. The van der Waals surface area contributed by atoms with E-state index >= 15 is 0 Å². The number of nitrogens with one attached hydrogen (secondary N) is 2. The van der Waals surface area contributed by atoms with Crippen molar-refractivity contribution < 1.29 is 18.0 Å². The SMILES string of the molecule is Cn1c(CC(=O)Nc2cccc(C(F)(F)F)c2)nnc1SCc1nc2ccccc2c(=O)[nH]1. The second-order valence-electron chi connectivity index (χ2n) is 7.08. The highest BCUT2D eigenvalue weighted by atomic mass is 32.2. The third-order valence-electron chi connectivity index (χ3n) is 4.72. The Balaban J connectivity index is 1.41. The van der Waals surface area contributed by atoms with Crippen LogP contribution in [-0.4, -0.2) is 30.6 Å². The van der Waals surface area contributed by atoms with E-state index in [1.54, 1.807) is 35.9 Å². The Morgan fingerprint density at radius 1 is 1.15 bits per heavy atom. The maximum atomic E-state index is 12.8. The number of halogens is 3. The van der Waals surface area contributed by atoms with Crippen molar-refractivity contribution in [3.8, 4) is 0 Å². The highest BCUT2D eigenvalue weighted by Crippen LogP contribution is 2.30. The van der Waals surface area contributed by atoms with Gasteiger partial charge in [0.25, 0.3) is 5.56 Å². The monoisotopic (exact) mass is 474 g/mol. The van der Waals surface area contributed by atoms with Crippen LogP contribution in [0.25, 0.3) is 10.9 Å². The zero-order valence-electron chi connectivity index (χ0n) is 17.2. The zero-order chi connectivity index (χ0) is 23.6. The lowest BCUT2D eigenvalue weighted by Gasteiger charge is -2.10. The number of H-pyrrole nitrogens is 1. The van der Waals surface area contributed by atoms with Crippen LogP contribution in [0, 0.1) is 0 Å². The summed E-state index contributed by atoms with van der Waals surface area (Å²) in [5.74, 6) is 0.599. The smallest absolute Gasteiger partial charge is 0.326 e. The first-order chi connectivity index (χ1) is 15.7. The van der Waals surface area contributed by atoms with Crippen LogP contribution >= 0.6 is 11.8 Å². The van der Waals surface area contributed by atoms with Gasteiger partial charge in [-0.2, -0.15) is 13.2 Å². The average molecular weight is 474 g/mol. The predicted octanol–water partition coefficient (Wildman–Crippen LogP) is 3.54. The van der Waals surface area contributed by atoms with Crippen molar-refractivity contribution in [2.75, 3.05) is 5.32 Å². The summed E-state index contributed by atoms with van der Waals surface area (Å²) in [5.41, 5.74) is -0.459. The fraction of sp³-hybridized carbons (Fsp3) is 0.190. The molecule has 2 N–H and O–H groups in total. The molecule has 0 aliphatic carbocycles. The molecule has 2 aromatic heterocycles. The Kier molecular flexibility index (Phi) is 6.18. The summed E-state index contributed by atoms with van der Waals surface area (Å²) in [6.07, 6.45) is -4.67. The van der Waals surface area contributed by atoms with Crippen LogP contribution in [0.5, 0.6) is 0 Å². The lowest BCUT2D eigenvalue weighted by molar-refractivity contribution is -0.137. The summed E-state index contributed by atoms with van der Waals surface area (Å²) in [5, 5.41) is 11.5. The van der Waals surface area contributed by atoms with E-state index in [0.717, 1.165) is 12.1 Å². The molecule has 8 nitrogen and oxygen atoms in total. The Hall–Kier alpha value is -3.67. The molecule has 1 amide bonds. The van der Waals surface area contributed by atoms with Crippen molar-refractivity contribution >= 4 is 34.3 Å². The van der Waals surface area contributed by atoms with E-state index in [-0.39, 0.29) is 17.7 Å². The summed E-state index contributed by atoms with van der Waals surface area (Å²) >= 11 is 1.27. The molecule has 0 saturated carbocycles. The number of hydrogen-bond donors (Lipinski definition) is 2. The van der Waals surface area contributed by atoms with E-state index in [0.29, 0.717) is 33.5 Å². The zero-order valence-corrected chi connectivity index (χ0v) is 18.0. The van der Waals surface area contributed by atoms with Crippen LogP contribution in [0.15, 0.2) is 58.5 Å². The third-order valence-corrected chi connectivity index (χ3v) is 5.75. The molecule has 33 heavy (non-hydrogen) atoms. The molecule has 0 spiro atoms. The number of para-hydroxylation sites is 1. The molecule has 2 aromatic carbocycles. The van der Waals surface area contributed by atoms with Crippen LogP contribution in [0.3, 0.4) is 0 Å². The van der Waals surface area contributed by atoms with Gasteiger partial charge in [0, 0.05) is 12.7 Å². The number of fused-ring (bicyclic) bond motifs is 1. The highest BCUT2D eigenvalue weighted by Gasteiger charge is 2.30. The van der Waals surface area contributed by atoms with Crippen LogP contribution in [0.4, 0.5) is 18.9 Å². The number of aromatic amines is 1. The Labute approximate surface area is 189 Å². The number of rotatable bonds is 6. The number of anilines is 1. The van der Waals surface area contributed by atoms with Gasteiger partial charge in [-0.1, -0.05) is 30.0 Å². The molecule has 0 atom stereocenters. The molecule has 0 radical (unpaired) electrons. The molecule has 0 fully saturated rings. The van der Waals surface area contributed by atoms with Gasteiger partial charge in [-0.3, -0.25) is 9.59 Å². The van der Waals surface area contributed by atoms with Gasteiger partial charge in [0.15, 0.2) is 5.16 Å². The van der Waals surface area contributed by atoms with E-state index in [2.05, 4.69) is 25.5 Å². The van der Waals surface area contributed by atoms with Gasteiger partial charge >= 0.3 is 6.18 Å². The van der Waals surface area contributed by atoms with E-state index in [9.17, 15) is 22.8 Å². The van der Waals surface area contributed by atoms with Crippen molar-refractivity contribution in [1.29, 1.82) is 0 Å². The third kappa shape index (κ3) is 5.22. The van der Waals surface area contributed by atoms with Gasteiger partial charge in [0.05, 0.1) is 28.6 Å². The number of carbonyl (C=O) groups is 1. The summed E-state index contributed by atoms with van der Waals surface area (Å²) < 4.78 is 40.1. The van der Waals surface area contributed by atoms with E-state index in [1.165, 1.54) is 23.9 Å². The minimum atomic E-state index is -4.50. The summed E-state index contributed by atoms with van der Waals surface area (Å²) in [7, 11) is 1.67. The first-order valence-corrected chi connectivity index (χ1v) is 10.7. The highest BCUT2D eigenvalue weighted by molar-refractivity contribution is 7.98. The van der Waals surface area contributed by atoms with E-state index in [1.807, 2.05) is 0 Å². The van der Waals surface area contributed by atoms with Crippen LogP contribution < -0.4 is 10.9 Å². The van der Waals surface area contributed by atoms with E-state index in [4.69, 9.17) is 0 Å². The number of thioether (sulfide) groups is 1. The molecule has 0 aliphatic rings. The van der Waals surface area contributed by atoms with Crippen molar-refractivity contribution in [2.24, 2.45) is 7.05 Å². The van der Waals surface area contributed by atoms with Gasteiger partial charge < -0.3 is 14.9 Å². The van der Waals surface area contributed by atoms with Gasteiger partial charge in [0.1, 0.15) is 11.6 Å². The minimum absolute atomic E-state index is 0.0397. The maximum Gasteiger partial charge on any atom is 0.416 e. The van der Waals surface area contributed by atoms with Crippen molar-refractivity contribution in [2.45, 2.75) is 23.5 Å². The normalized spacial score (nSPS) is 11.6. The van der Waals surface area contributed by atoms with Crippen LogP contribution in [0.1, 0.15) is 17.2 Å². The Morgan fingerprint density at radius 2 is 1.94 bits per heavy atom. The Bertz CT molecular complexity index is 1380. The van der Waals surface area contributed by atoms with Gasteiger partial charge in [0.2, 0.25) is 5.91 Å². The lowest BCUT2D eigenvalue weighted by atomic mass is 10.2. The first kappa shape index (κ1) is 22.5. The second-order valence-corrected chi connectivity index (χ2v) is 8.02. The summed E-state index contributed by atoms with van der Waals surface area (Å²) in [6, 6.07) is 11.4. The quantitative estimate of drug-likeness (QED) is 0.414. The topological polar surface area (TPSA) is 106 Å². The average Bonchev–Trinajstić information content (AvgIpc) is 3.11. The molecule has 2 heterocycles. The molecule has 0 unspecified atom stereocenters. The number of alkyl halides is 3. The van der Waals surface area contributed by atoms with Gasteiger partial charge in [-0.25, -0.2) is 4.98 Å². The number of aromatic nitrogens is 5. The molecule has 4 rings (SSSR count). The first-order valence-electron chi connectivity index (χ1n) is 9.67. The molecule has 0 aliphatic heterocycles. The second kappa shape index (κ2) is 9.06. The molecule has 0 saturated heterocycles. The molecule has 170 valence electrons. The molecule has 12 heteroatoms. The standard InChI is InChI=1S/C21H17F3N6O2S/c1-30-17(10-18(31)25-13-6-4-5-12(9-13)21(22,23)24)28-29-20(30)33-11-16-26-15-8-3-2-7-14(15)19(32)27-16/h2-9H,10-11H2,1H3,(H,25,31)(H,26,27,32). The Morgan fingerprint density at radius 3 is 2.73 bits per heavy atom. The molecule has 0 bridgehead atoms. The van der Waals surface area contributed by atoms with Crippen LogP contribution in [-0.2, 0) is 30.2 Å². The fourth-order valence-electron chi connectivity index (χ4n) is 3.08. The van der Waals surface area contributed by atoms with Crippen LogP contribution in [0.2, 0.25) is 0 Å². The summed E-state index contributed by atoms with van der Waals surface area (Å²) in [6.45, 7) is 0. The number of nitrogens with zero attached hydrogens (tertiary/aromatic N) is 4. The number of hydrogen-bond acceptors (Lipinski definition) is 6. The van der Waals surface area contributed by atoms with E-state index < -0.39 is 17.6 Å². The number of amides is 1. The minimum Gasteiger partial charge on any atom is -0.326 e. The van der Waals surface area contributed by atoms with Crippen molar-refractivity contribution in [3.05, 3.63) is 76.1 Å². The predicted molar refractivity (Wildman–Crippen MR) is 117 cm³/mol. The maximum absolute atomic E-state index is 12.8. The van der Waals surface area contributed by atoms with Crippen molar-refractivity contribution in [1.82, 2.24) is 24.7 Å². The number of carbonyl (C=O) groups excluding carboxylic acids is 1. The summed E-state index contributed by atoms with van der Waals surface area (Å²) in [4.78, 5) is 31.7. The van der Waals surface area contributed by atoms with Gasteiger partial charge in [-0.05, 0) is 30.3 Å². The molecular weight excluding hydrogens is 457 g/mol. The fourth-order valence-corrected chi connectivity index (χ4v) is 3.88. The molecular formula is C21H17F3N6O2S. The lowest BCUT2D eigenvalue weighted by Crippen LogP contribution is -2.17. The van der Waals surface area contributed by atoms with Gasteiger partial charge in [-0.15, -0.1) is 10.2 Å². The van der Waals surface area contributed by atoms with Crippen molar-refractivity contribution in [3.63, 3.8) is 0 Å².